The van der Waals surface area contributed by atoms with Crippen molar-refractivity contribution >= 4 is 27.5 Å². The minimum atomic E-state index is -1.81. The summed E-state index contributed by atoms with van der Waals surface area (Å²) in [5, 5.41) is 24.1. The van der Waals surface area contributed by atoms with Gasteiger partial charge in [-0.3, -0.25) is 0 Å². The summed E-state index contributed by atoms with van der Waals surface area (Å²) < 4.78 is 13.0. The molecule has 1 aromatic heterocycles. The molecule has 1 aliphatic heterocycles. The molecule has 0 saturated heterocycles. The second-order valence-electron chi connectivity index (χ2n) is 8.13. The maximum atomic E-state index is 12.4. The third-order valence-corrected chi connectivity index (χ3v) is 7.37. The first-order valence-electron chi connectivity index (χ1n) is 10.00. The highest BCUT2D eigenvalue weighted by Crippen LogP contribution is 2.69. The van der Waals surface area contributed by atoms with Gasteiger partial charge in [0.15, 0.2) is 11.2 Å². The molecule has 3 aromatic rings. The Kier molecular flexibility index (Phi) is 4.83. The third kappa shape index (κ3) is 2.65. The number of aromatic nitrogens is 1. The number of hydrogen-bond acceptors (Lipinski definition) is 5. The quantitative estimate of drug-likeness (QED) is 0.505. The van der Waals surface area contributed by atoms with Crippen molar-refractivity contribution in [1.82, 2.24) is 4.98 Å². The van der Waals surface area contributed by atoms with Gasteiger partial charge in [-0.05, 0) is 29.2 Å². The molecule has 5 nitrogen and oxygen atoms in total. The van der Waals surface area contributed by atoms with Gasteiger partial charge in [-0.15, -0.1) is 0 Å². The molecule has 1 fully saturated rings. The average molecular weight is 503 g/mol. The van der Waals surface area contributed by atoms with Crippen molar-refractivity contribution in [3.05, 3.63) is 87.0 Å². The SMILES string of the molecule is COc1nc(Cl)cc2c1[C@]1(O)[C@H](O)[C@H](C)[C@@H](c3ccccc3)[C@]1(c1ccc(Br)cc1)O2. The normalized spacial score (nSPS) is 31.1. The fraction of sp³-hybridized carbons (Fsp3) is 0.292. The van der Waals surface area contributed by atoms with Crippen LogP contribution in [0.1, 0.15) is 29.5 Å². The second-order valence-corrected chi connectivity index (χ2v) is 9.43. The fourth-order valence-corrected chi connectivity index (χ4v) is 5.88. The van der Waals surface area contributed by atoms with E-state index in [9.17, 15) is 10.2 Å². The number of methoxy groups -OCH3 is 1. The Morgan fingerprint density at radius 3 is 2.45 bits per heavy atom. The van der Waals surface area contributed by atoms with Crippen LogP contribution in [0.15, 0.2) is 65.1 Å². The highest BCUT2D eigenvalue weighted by Gasteiger charge is 2.76. The summed E-state index contributed by atoms with van der Waals surface area (Å²) in [4.78, 5) is 4.25. The number of halogens is 2. The summed E-state index contributed by atoms with van der Waals surface area (Å²) in [6, 6.07) is 19.0. The van der Waals surface area contributed by atoms with Crippen LogP contribution in [-0.2, 0) is 11.2 Å². The van der Waals surface area contributed by atoms with Gasteiger partial charge in [-0.1, -0.05) is 76.9 Å². The summed E-state index contributed by atoms with van der Waals surface area (Å²) in [7, 11) is 1.46. The zero-order valence-electron chi connectivity index (χ0n) is 16.9. The van der Waals surface area contributed by atoms with Crippen molar-refractivity contribution < 1.29 is 19.7 Å². The van der Waals surface area contributed by atoms with E-state index in [4.69, 9.17) is 21.1 Å². The molecule has 2 N–H and O–H groups in total. The lowest BCUT2D eigenvalue weighted by molar-refractivity contribution is -0.151. The summed E-state index contributed by atoms with van der Waals surface area (Å²) >= 11 is 9.70. The van der Waals surface area contributed by atoms with Crippen molar-refractivity contribution in [1.29, 1.82) is 0 Å². The number of rotatable bonds is 3. The van der Waals surface area contributed by atoms with Gasteiger partial charge in [-0.25, -0.2) is 4.98 Å². The van der Waals surface area contributed by atoms with Crippen LogP contribution in [0.2, 0.25) is 5.15 Å². The van der Waals surface area contributed by atoms with E-state index in [1.807, 2.05) is 61.5 Å². The molecule has 2 aliphatic rings. The molecule has 0 radical (unpaired) electrons. The molecule has 1 saturated carbocycles. The fourth-order valence-electron chi connectivity index (χ4n) is 5.44. The number of ether oxygens (including phenoxy) is 2. The Morgan fingerprint density at radius 1 is 1.13 bits per heavy atom. The highest BCUT2D eigenvalue weighted by molar-refractivity contribution is 9.10. The molecule has 2 heterocycles. The average Bonchev–Trinajstić information content (AvgIpc) is 3.12. The van der Waals surface area contributed by atoms with Crippen molar-refractivity contribution in [2.24, 2.45) is 5.92 Å². The van der Waals surface area contributed by atoms with Crippen LogP contribution >= 0.6 is 27.5 Å². The van der Waals surface area contributed by atoms with E-state index >= 15 is 0 Å². The Hall–Kier alpha value is -2.12. The number of aliphatic hydroxyl groups is 2. The molecular formula is C24H21BrClNO4. The first-order chi connectivity index (χ1) is 14.8. The Balaban J connectivity index is 1.86. The zero-order chi connectivity index (χ0) is 22.0. The predicted octanol–water partition coefficient (Wildman–Crippen LogP) is 4.78. The predicted molar refractivity (Wildman–Crippen MR) is 120 cm³/mol. The molecule has 0 amide bonds. The van der Waals surface area contributed by atoms with E-state index in [0.717, 1.165) is 15.6 Å². The second kappa shape index (κ2) is 7.20. The van der Waals surface area contributed by atoms with Crippen LogP contribution in [0.4, 0.5) is 0 Å². The molecule has 2 aromatic carbocycles. The van der Waals surface area contributed by atoms with E-state index in [0.29, 0.717) is 11.3 Å². The standard InChI is InChI=1S/C24H21BrClNO4/c1-13-19(14-6-4-3-5-7-14)24(15-8-10-16(25)11-9-15)23(29,21(13)28)20-17(31-24)12-18(26)27-22(20)30-2/h3-13,19,21,28-29H,1-2H3/t13-,19+,21-,23+,24+/m1/s1. The lowest BCUT2D eigenvalue weighted by Crippen LogP contribution is -2.52. The van der Waals surface area contributed by atoms with Crippen LogP contribution < -0.4 is 9.47 Å². The van der Waals surface area contributed by atoms with Crippen molar-refractivity contribution in [3.8, 4) is 11.6 Å². The Morgan fingerprint density at radius 2 is 1.81 bits per heavy atom. The van der Waals surface area contributed by atoms with Crippen LogP contribution in [0, 0.1) is 5.92 Å². The number of benzene rings is 2. The first-order valence-corrected chi connectivity index (χ1v) is 11.2. The molecular weight excluding hydrogens is 482 g/mol. The molecule has 1 aliphatic carbocycles. The molecule has 160 valence electrons. The Labute approximate surface area is 193 Å². The number of hydrogen-bond donors (Lipinski definition) is 2. The first kappa shape index (κ1) is 20.8. The molecule has 31 heavy (non-hydrogen) atoms. The molecule has 5 atom stereocenters. The number of nitrogens with zero attached hydrogens (tertiary/aromatic N) is 1. The molecule has 0 unspecified atom stereocenters. The summed E-state index contributed by atoms with van der Waals surface area (Å²) in [5.41, 5.74) is -1.10. The van der Waals surface area contributed by atoms with Gasteiger partial charge in [0.1, 0.15) is 10.9 Å². The number of fused-ring (bicyclic) bond motifs is 3. The summed E-state index contributed by atoms with van der Waals surface area (Å²) in [5.74, 6) is -0.187. The topological polar surface area (TPSA) is 71.8 Å². The lowest BCUT2D eigenvalue weighted by atomic mass is 9.71. The maximum Gasteiger partial charge on any atom is 0.224 e. The van der Waals surface area contributed by atoms with Gasteiger partial charge in [0.05, 0.1) is 18.8 Å². The molecule has 7 heteroatoms. The number of pyridine rings is 1. The minimum Gasteiger partial charge on any atom is -0.481 e. The number of aliphatic hydroxyl groups excluding tert-OH is 1. The lowest BCUT2D eigenvalue weighted by Gasteiger charge is -2.40. The van der Waals surface area contributed by atoms with Gasteiger partial charge in [-0.2, -0.15) is 0 Å². The molecule has 0 spiro atoms. The minimum absolute atomic E-state index is 0.143. The van der Waals surface area contributed by atoms with Gasteiger partial charge < -0.3 is 19.7 Å². The summed E-state index contributed by atoms with van der Waals surface area (Å²) in [6.07, 6.45) is -1.14. The Bertz CT molecular complexity index is 1140. The van der Waals surface area contributed by atoms with Gasteiger partial charge in [0.25, 0.3) is 0 Å². The van der Waals surface area contributed by atoms with Crippen molar-refractivity contribution in [2.45, 2.75) is 30.1 Å². The smallest absolute Gasteiger partial charge is 0.224 e. The van der Waals surface area contributed by atoms with E-state index in [2.05, 4.69) is 20.9 Å². The van der Waals surface area contributed by atoms with Crippen LogP contribution in [0.3, 0.4) is 0 Å². The third-order valence-electron chi connectivity index (χ3n) is 6.65. The van der Waals surface area contributed by atoms with E-state index in [1.54, 1.807) is 6.07 Å². The molecule has 0 bridgehead atoms. The van der Waals surface area contributed by atoms with Gasteiger partial charge >= 0.3 is 0 Å². The summed E-state index contributed by atoms with van der Waals surface area (Å²) in [6.45, 7) is 1.93. The monoisotopic (exact) mass is 501 g/mol. The highest BCUT2D eigenvalue weighted by atomic mass is 79.9. The van der Waals surface area contributed by atoms with Crippen molar-refractivity contribution in [2.75, 3.05) is 7.11 Å². The van der Waals surface area contributed by atoms with Crippen molar-refractivity contribution in [3.63, 3.8) is 0 Å². The molecule has 5 rings (SSSR count). The van der Waals surface area contributed by atoms with Crippen LogP contribution in [0.25, 0.3) is 0 Å². The van der Waals surface area contributed by atoms with Crippen LogP contribution in [-0.4, -0.2) is 28.4 Å². The largest absolute Gasteiger partial charge is 0.481 e. The van der Waals surface area contributed by atoms with E-state index in [1.165, 1.54) is 7.11 Å². The van der Waals surface area contributed by atoms with Crippen LogP contribution in [0.5, 0.6) is 11.6 Å². The van der Waals surface area contributed by atoms with E-state index < -0.39 is 17.3 Å². The zero-order valence-corrected chi connectivity index (χ0v) is 19.3. The van der Waals surface area contributed by atoms with E-state index in [-0.39, 0.29) is 22.9 Å². The maximum absolute atomic E-state index is 12.4. The van der Waals surface area contributed by atoms with Gasteiger partial charge in [0, 0.05) is 16.5 Å². The van der Waals surface area contributed by atoms with Gasteiger partial charge in [0.2, 0.25) is 5.88 Å².